The minimum atomic E-state index is -3.58. The maximum absolute atomic E-state index is 12.3. The van der Waals surface area contributed by atoms with Gasteiger partial charge in [-0.05, 0) is 36.4 Å². The van der Waals surface area contributed by atoms with Gasteiger partial charge in [0.15, 0.2) is 6.10 Å². The number of sulfonamides is 1. The number of hydrogen-bond donors (Lipinski definition) is 1. The summed E-state index contributed by atoms with van der Waals surface area (Å²) in [6, 6.07) is 11.0. The van der Waals surface area contributed by atoms with Crippen LogP contribution in [-0.2, 0) is 14.8 Å². The van der Waals surface area contributed by atoms with Crippen molar-refractivity contribution in [3.05, 3.63) is 58.6 Å². The molecule has 1 atom stereocenters. The van der Waals surface area contributed by atoms with Crippen LogP contribution in [0.1, 0.15) is 31.9 Å². The Kier molecular flexibility index (Phi) is 7.19. The van der Waals surface area contributed by atoms with Gasteiger partial charge in [-0.3, -0.25) is 0 Å². The van der Waals surface area contributed by atoms with Gasteiger partial charge < -0.3 is 9.84 Å². The highest BCUT2D eigenvalue weighted by Crippen LogP contribution is 2.29. The molecule has 2 aromatic carbocycles. The molecule has 0 saturated heterocycles. The van der Waals surface area contributed by atoms with Crippen LogP contribution in [0, 0.1) is 17.3 Å². The Morgan fingerprint density at radius 1 is 1.13 bits per heavy atom. The first kappa shape index (κ1) is 23.7. The van der Waals surface area contributed by atoms with Crippen LogP contribution < -0.4 is 4.74 Å². The van der Waals surface area contributed by atoms with Crippen molar-refractivity contribution < 1.29 is 23.1 Å². The van der Waals surface area contributed by atoms with Crippen molar-refractivity contribution in [1.29, 1.82) is 0 Å². The van der Waals surface area contributed by atoms with Gasteiger partial charge >= 0.3 is 5.97 Å². The molecule has 30 heavy (non-hydrogen) atoms. The molecule has 0 spiro atoms. The van der Waals surface area contributed by atoms with Crippen LogP contribution in [0.4, 0.5) is 0 Å². The van der Waals surface area contributed by atoms with Crippen molar-refractivity contribution in [3.63, 3.8) is 0 Å². The quantitative estimate of drug-likeness (QED) is 0.700. The zero-order valence-corrected chi connectivity index (χ0v) is 19.0. The van der Waals surface area contributed by atoms with Crippen molar-refractivity contribution in [2.75, 3.05) is 14.1 Å². The van der Waals surface area contributed by atoms with E-state index in [4.69, 9.17) is 16.3 Å². The molecule has 1 N–H and O–H groups in total. The Morgan fingerprint density at radius 3 is 2.37 bits per heavy atom. The van der Waals surface area contributed by atoms with E-state index in [-0.39, 0.29) is 10.6 Å². The van der Waals surface area contributed by atoms with Crippen LogP contribution in [0.5, 0.6) is 5.75 Å². The molecule has 6 nitrogen and oxygen atoms in total. The predicted octanol–water partition coefficient (Wildman–Crippen LogP) is 3.87. The number of halogens is 1. The Hall–Kier alpha value is -2.53. The SMILES string of the molecule is CN(C)S(=O)(=O)c1cccc(C#Cc2cc(Cl)ccc2OC(C(=O)O)C(C)(C)C)c1. The number of benzene rings is 2. The molecule has 2 rings (SSSR count). The van der Waals surface area contributed by atoms with Gasteiger partial charge in [-0.15, -0.1) is 0 Å². The van der Waals surface area contributed by atoms with Crippen molar-refractivity contribution >= 4 is 27.6 Å². The first-order valence-electron chi connectivity index (χ1n) is 9.06. The molecule has 0 fully saturated rings. The molecule has 0 aliphatic rings. The van der Waals surface area contributed by atoms with Gasteiger partial charge in [0.1, 0.15) is 5.75 Å². The highest BCUT2D eigenvalue weighted by molar-refractivity contribution is 7.89. The lowest BCUT2D eigenvalue weighted by Gasteiger charge is -2.28. The largest absolute Gasteiger partial charge is 0.478 e. The van der Waals surface area contributed by atoms with Crippen LogP contribution in [0.3, 0.4) is 0 Å². The van der Waals surface area contributed by atoms with Crippen LogP contribution in [0.15, 0.2) is 47.4 Å². The van der Waals surface area contributed by atoms with Gasteiger partial charge in [0.2, 0.25) is 10.0 Å². The highest BCUT2D eigenvalue weighted by atomic mass is 35.5. The van der Waals surface area contributed by atoms with E-state index in [1.165, 1.54) is 26.2 Å². The summed E-state index contributed by atoms with van der Waals surface area (Å²) in [5.41, 5.74) is 0.235. The lowest BCUT2D eigenvalue weighted by Crippen LogP contribution is -2.39. The van der Waals surface area contributed by atoms with Crippen LogP contribution >= 0.6 is 11.6 Å². The number of rotatable bonds is 5. The lowest BCUT2D eigenvalue weighted by molar-refractivity contribution is -0.150. The summed E-state index contributed by atoms with van der Waals surface area (Å²) < 4.78 is 31.5. The molecule has 0 bridgehead atoms. The predicted molar refractivity (Wildman–Crippen MR) is 116 cm³/mol. The third-order valence-electron chi connectivity index (χ3n) is 4.15. The fourth-order valence-corrected chi connectivity index (χ4v) is 3.63. The van der Waals surface area contributed by atoms with Gasteiger partial charge in [-0.2, -0.15) is 0 Å². The highest BCUT2D eigenvalue weighted by Gasteiger charge is 2.33. The van der Waals surface area contributed by atoms with E-state index >= 15 is 0 Å². The number of nitrogens with zero attached hydrogens (tertiary/aromatic N) is 1. The summed E-state index contributed by atoms with van der Waals surface area (Å²) in [6.45, 7) is 5.30. The number of hydrogen-bond acceptors (Lipinski definition) is 4. The van der Waals surface area contributed by atoms with Crippen molar-refractivity contribution in [3.8, 4) is 17.6 Å². The minimum Gasteiger partial charge on any atom is -0.478 e. The molecule has 0 radical (unpaired) electrons. The monoisotopic (exact) mass is 449 g/mol. The summed E-state index contributed by atoms with van der Waals surface area (Å²) in [6.07, 6.45) is -1.09. The second-order valence-corrected chi connectivity index (χ2v) is 10.5. The Morgan fingerprint density at radius 2 is 1.80 bits per heavy atom. The third kappa shape index (κ3) is 5.76. The molecule has 8 heteroatoms. The zero-order chi connectivity index (χ0) is 22.7. The molecule has 160 valence electrons. The van der Waals surface area contributed by atoms with Gasteiger partial charge in [0, 0.05) is 30.1 Å². The third-order valence-corrected chi connectivity index (χ3v) is 6.20. The van der Waals surface area contributed by atoms with Crippen molar-refractivity contribution in [2.45, 2.75) is 31.8 Å². The summed E-state index contributed by atoms with van der Waals surface area (Å²) in [5, 5.41) is 9.94. The topological polar surface area (TPSA) is 83.9 Å². The molecule has 0 aliphatic heterocycles. The number of carbonyl (C=O) groups is 1. The van der Waals surface area contributed by atoms with Crippen LogP contribution in [0.25, 0.3) is 0 Å². The van der Waals surface area contributed by atoms with E-state index < -0.39 is 27.5 Å². The first-order chi connectivity index (χ1) is 13.8. The van der Waals surface area contributed by atoms with Crippen LogP contribution in [0.2, 0.25) is 5.02 Å². The zero-order valence-electron chi connectivity index (χ0n) is 17.4. The normalized spacial score (nSPS) is 12.8. The van der Waals surface area contributed by atoms with E-state index in [0.29, 0.717) is 16.1 Å². The minimum absolute atomic E-state index is 0.126. The molecule has 0 heterocycles. The molecule has 2 aromatic rings. The molecule has 0 aliphatic carbocycles. The summed E-state index contributed by atoms with van der Waals surface area (Å²) in [5.74, 6) is 5.01. The van der Waals surface area contributed by atoms with E-state index in [9.17, 15) is 18.3 Å². The Bertz CT molecular complexity index is 1110. The molecular weight excluding hydrogens is 426 g/mol. The maximum Gasteiger partial charge on any atom is 0.345 e. The molecule has 0 amide bonds. The van der Waals surface area contributed by atoms with Crippen molar-refractivity contribution in [1.82, 2.24) is 4.31 Å². The number of carboxylic acids is 1. The fraction of sp³-hybridized carbons (Fsp3) is 0.318. The summed E-state index contributed by atoms with van der Waals surface area (Å²) >= 11 is 6.08. The second kappa shape index (κ2) is 9.09. The molecule has 0 aromatic heterocycles. The molecular formula is C22H24ClNO5S. The fourth-order valence-electron chi connectivity index (χ4n) is 2.51. The van der Waals surface area contributed by atoms with Gasteiger partial charge in [0.05, 0.1) is 10.5 Å². The first-order valence-corrected chi connectivity index (χ1v) is 10.9. The Balaban J connectivity index is 2.46. The van der Waals surface area contributed by atoms with Gasteiger partial charge in [-0.25, -0.2) is 17.5 Å². The average molecular weight is 450 g/mol. The number of carboxylic acid groups (broad SMARTS) is 1. The number of ether oxygens (including phenoxy) is 1. The average Bonchev–Trinajstić information content (AvgIpc) is 2.64. The van der Waals surface area contributed by atoms with E-state index in [1.54, 1.807) is 51.1 Å². The molecule has 1 unspecified atom stereocenters. The van der Waals surface area contributed by atoms with Crippen LogP contribution in [-0.4, -0.2) is 44.0 Å². The van der Waals surface area contributed by atoms with E-state index in [0.717, 1.165) is 4.31 Å². The lowest BCUT2D eigenvalue weighted by atomic mass is 9.89. The van der Waals surface area contributed by atoms with E-state index in [2.05, 4.69) is 11.8 Å². The standard InChI is InChI=1S/C22H24ClNO5S/c1-22(2,3)20(21(25)26)29-19-12-11-17(23)14-16(19)10-9-15-7-6-8-18(13-15)30(27,28)24(4)5/h6-8,11-14,20H,1-5H3,(H,25,26). The van der Waals surface area contributed by atoms with Gasteiger partial charge in [0.25, 0.3) is 0 Å². The summed E-state index contributed by atoms with van der Waals surface area (Å²) in [4.78, 5) is 11.8. The van der Waals surface area contributed by atoms with Gasteiger partial charge in [-0.1, -0.05) is 50.3 Å². The molecule has 0 saturated carbocycles. The number of aliphatic carboxylic acids is 1. The Labute approximate surface area is 182 Å². The summed E-state index contributed by atoms with van der Waals surface area (Å²) in [7, 11) is -0.673. The maximum atomic E-state index is 12.3. The van der Waals surface area contributed by atoms with Crippen molar-refractivity contribution in [2.24, 2.45) is 5.41 Å². The smallest absolute Gasteiger partial charge is 0.345 e. The van der Waals surface area contributed by atoms with E-state index in [1.807, 2.05) is 0 Å². The second-order valence-electron chi connectivity index (χ2n) is 7.91.